The predicted octanol–water partition coefficient (Wildman–Crippen LogP) is 2.31. The van der Waals surface area contributed by atoms with Crippen molar-refractivity contribution in [1.82, 2.24) is 10.2 Å². The lowest BCUT2D eigenvalue weighted by molar-refractivity contribution is -0.136. The molecule has 3 nitrogen and oxygen atoms in total. The Bertz CT molecular complexity index is 448. The largest absolute Gasteiger partial charge is 0.337 e. The topological polar surface area (TPSA) is 32.3 Å². The Morgan fingerprint density at radius 3 is 2.84 bits per heavy atom. The summed E-state index contributed by atoms with van der Waals surface area (Å²) in [5.74, 6) is -0.155. The molecule has 1 aromatic carbocycles. The molecule has 0 bridgehead atoms. The molecule has 19 heavy (non-hydrogen) atoms. The van der Waals surface area contributed by atoms with Crippen molar-refractivity contribution in [3.63, 3.8) is 0 Å². The molecule has 0 saturated carbocycles. The van der Waals surface area contributed by atoms with Crippen molar-refractivity contribution in [2.24, 2.45) is 0 Å². The molecule has 0 aliphatic carbocycles. The van der Waals surface area contributed by atoms with Crippen LogP contribution in [-0.4, -0.2) is 29.4 Å². The summed E-state index contributed by atoms with van der Waals surface area (Å²) in [5.41, 5.74) is 0.584. The van der Waals surface area contributed by atoms with Crippen molar-refractivity contribution in [2.75, 3.05) is 6.54 Å². The van der Waals surface area contributed by atoms with Crippen LogP contribution in [-0.2, 0) is 11.3 Å². The first-order valence-electron chi connectivity index (χ1n) is 6.86. The number of halogens is 1. The summed E-state index contributed by atoms with van der Waals surface area (Å²) in [7, 11) is 0. The fourth-order valence-corrected chi connectivity index (χ4v) is 2.49. The van der Waals surface area contributed by atoms with Gasteiger partial charge >= 0.3 is 0 Å². The van der Waals surface area contributed by atoms with Crippen molar-refractivity contribution >= 4 is 5.91 Å². The van der Waals surface area contributed by atoms with Crippen LogP contribution in [0, 0.1) is 5.82 Å². The number of rotatable bonds is 4. The standard InChI is InChI=1S/C15H21FN2O/c1-11(2)17-14-8-5-9-18(15(14)19)10-12-6-3-4-7-13(12)16/h3-4,6-7,11,14,17H,5,8-10H2,1-2H3. The van der Waals surface area contributed by atoms with Crippen LogP contribution in [0.3, 0.4) is 0 Å². The number of likely N-dealkylation sites (tertiary alicyclic amines) is 1. The van der Waals surface area contributed by atoms with Crippen molar-refractivity contribution in [2.45, 2.75) is 45.3 Å². The number of hydrogen-bond acceptors (Lipinski definition) is 2. The van der Waals surface area contributed by atoms with E-state index in [-0.39, 0.29) is 23.8 Å². The number of nitrogens with zero attached hydrogens (tertiary/aromatic N) is 1. The van der Waals surface area contributed by atoms with Crippen LogP contribution in [0.4, 0.5) is 4.39 Å². The Balaban J connectivity index is 2.04. The summed E-state index contributed by atoms with van der Waals surface area (Å²) in [4.78, 5) is 14.1. The van der Waals surface area contributed by atoms with Crippen LogP contribution in [0.5, 0.6) is 0 Å². The number of benzene rings is 1. The highest BCUT2D eigenvalue weighted by Gasteiger charge is 2.29. The first kappa shape index (κ1) is 14.0. The molecule has 0 spiro atoms. The molecule has 1 aliphatic rings. The van der Waals surface area contributed by atoms with Gasteiger partial charge in [0, 0.05) is 24.7 Å². The minimum atomic E-state index is -0.241. The zero-order valence-electron chi connectivity index (χ0n) is 11.5. The van der Waals surface area contributed by atoms with Crippen molar-refractivity contribution in [1.29, 1.82) is 0 Å². The summed E-state index contributed by atoms with van der Waals surface area (Å²) in [6, 6.07) is 6.80. The Kier molecular flexibility index (Phi) is 4.53. The van der Waals surface area contributed by atoms with Gasteiger partial charge in [-0.15, -0.1) is 0 Å². The van der Waals surface area contributed by atoms with Gasteiger partial charge < -0.3 is 10.2 Å². The lowest BCUT2D eigenvalue weighted by atomic mass is 10.0. The Hall–Kier alpha value is -1.42. The number of amides is 1. The summed E-state index contributed by atoms with van der Waals surface area (Å²) in [6.45, 7) is 5.14. The summed E-state index contributed by atoms with van der Waals surface area (Å²) < 4.78 is 13.6. The second-order valence-electron chi connectivity index (χ2n) is 5.37. The van der Waals surface area contributed by atoms with Gasteiger partial charge in [0.05, 0.1) is 6.04 Å². The molecule has 1 heterocycles. The van der Waals surface area contributed by atoms with Crippen molar-refractivity contribution in [3.8, 4) is 0 Å². The van der Waals surface area contributed by atoms with Crippen molar-refractivity contribution in [3.05, 3.63) is 35.6 Å². The first-order valence-corrected chi connectivity index (χ1v) is 6.86. The van der Waals surface area contributed by atoms with Gasteiger partial charge in [-0.1, -0.05) is 32.0 Å². The molecule has 1 amide bonds. The van der Waals surface area contributed by atoms with Crippen LogP contribution >= 0.6 is 0 Å². The van der Waals surface area contributed by atoms with E-state index in [9.17, 15) is 9.18 Å². The maximum absolute atomic E-state index is 13.6. The molecular formula is C15H21FN2O. The van der Waals surface area contributed by atoms with Gasteiger partial charge in [0.15, 0.2) is 0 Å². The van der Waals surface area contributed by atoms with Gasteiger partial charge in [-0.05, 0) is 18.9 Å². The van der Waals surface area contributed by atoms with Gasteiger partial charge in [-0.2, -0.15) is 0 Å². The van der Waals surface area contributed by atoms with E-state index in [0.29, 0.717) is 18.7 Å². The van der Waals surface area contributed by atoms with Crippen LogP contribution in [0.15, 0.2) is 24.3 Å². The average molecular weight is 264 g/mol. The molecule has 1 atom stereocenters. The number of carbonyl (C=O) groups excluding carboxylic acids is 1. The third kappa shape index (κ3) is 3.53. The van der Waals surface area contributed by atoms with Crippen LogP contribution in [0.25, 0.3) is 0 Å². The van der Waals surface area contributed by atoms with Crippen molar-refractivity contribution < 1.29 is 9.18 Å². The summed E-state index contributed by atoms with van der Waals surface area (Å²) in [6.07, 6.45) is 1.83. The second-order valence-corrected chi connectivity index (χ2v) is 5.37. The van der Waals surface area contributed by atoms with E-state index in [4.69, 9.17) is 0 Å². The van der Waals surface area contributed by atoms with E-state index in [2.05, 4.69) is 5.32 Å². The lowest BCUT2D eigenvalue weighted by Gasteiger charge is -2.33. The molecule has 104 valence electrons. The number of carbonyl (C=O) groups is 1. The molecule has 1 saturated heterocycles. The molecule has 4 heteroatoms. The molecule has 1 N–H and O–H groups in total. The molecular weight excluding hydrogens is 243 g/mol. The van der Waals surface area contributed by atoms with Crippen LogP contribution < -0.4 is 5.32 Å². The van der Waals surface area contributed by atoms with Gasteiger partial charge in [-0.25, -0.2) is 4.39 Å². The van der Waals surface area contributed by atoms with Gasteiger partial charge in [0.1, 0.15) is 5.82 Å². The summed E-state index contributed by atoms with van der Waals surface area (Å²) >= 11 is 0. The molecule has 1 aliphatic heterocycles. The first-order chi connectivity index (χ1) is 9.08. The third-order valence-electron chi connectivity index (χ3n) is 3.38. The average Bonchev–Trinajstić information content (AvgIpc) is 2.36. The molecule has 1 aromatic rings. The zero-order valence-corrected chi connectivity index (χ0v) is 11.5. The minimum absolute atomic E-state index is 0.0863. The highest BCUT2D eigenvalue weighted by atomic mass is 19.1. The fourth-order valence-electron chi connectivity index (χ4n) is 2.49. The van der Waals surface area contributed by atoms with E-state index >= 15 is 0 Å². The van der Waals surface area contributed by atoms with E-state index in [1.807, 2.05) is 13.8 Å². The quantitative estimate of drug-likeness (QED) is 0.905. The third-order valence-corrected chi connectivity index (χ3v) is 3.38. The normalized spacial score (nSPS) is 20.1. The SMILES string of the molecule is CC(C)NC1CCCN(Cc2ccccc2F)C1=O. The Morgan fingerprint density at radius 1 is 1.42 bits per heavy atom. The molecule has 2 rings (SSSR count). The van der Waals surface area contributed by atoms with Crippen LogP contribution in [0.1, 0.15) is 32.3 Å². The van der Waals surface area contributed by atoms with E-state index in [1.165, 1.54) is 6.07 Å². The highest BCUT2D eigenvalue weighted by Crippen LogP contribution is 2.17. The molecule has 0 aromatic heterocycles. The monoisotopic (exact) mass is 264 g/mol. The van der Waals surface area contributed by atoms with Crippen LogP contribution in [0.2, 0.25) is 0 Å². The van der Waals surface area contributed by atoms with Gasteiger partial charge in [-0.3, -0.25) is 4.79 Å². The maximum atomic E-state index is 13.6. The van der Waals surface area contributed by atoms with E-state index in [0.717, 1.165) is 12.8 Å². The lowest BCUT2D eigenvalue weighted by Crippen LogP contribution is -2.52. The Labute approximate surface area is 113 Å². The maximum Gasteiger partial charge on any atom is 0.240 e. The summed E-state index contributed by atoms with van der Waals surface area (Å²) in [5, 5.41) is 3.28. The Morgan fingerprint density at radius 2 is 2.16 bits per heavy atom. The predicted molar refractivity (Wildman–Crippen MR) is 73.1 cm³/mol. The molecule has 0 radical (unpaired) electrons. The zero-order chi connectivity index (χ0) is 13.8. The molecule has 1 fully saturated rings. The number of hydrogen-bond donors (Lipinski definition) is 1. The minimum Gasteiger partial charge on any atom is -0.337 e. The second kappa shape index (κ2) is 6.15. The van der Waals surface area contributed by atoms with Gasteiger partial charge in [0.2, 0.25) is 5.91 Å². The smallest absolute Gasteiger partial charge is 0.240 e. The van der Waals surface area contributed by atoms with E-state index < -0.39 is 0 Å². The fraction of sp³-hybridized carbons (Fsp3) is 0.533. The highest BCUT2D eigenvalue weighted by molar-refractivity contribution is 5.82. The molecule has 1 unspecified atom stereocenters. The van der Waals surface area contributed by atoms with Gasteiger partial charge in [0.25, 0.3) is 0 Å². The number of piperidine rings is 1. The number of nitrogens with one attached hydrogen (secondary N) is 1. The van der Waals surface area contributed by atoms with E-state index in [1.54, 1.807) is 23.1 Å².